The maximum Gasteiger partial charge on any atom is 0.204 e. The maximum atomic E-state index is 12.4. The monoisotopic (exact) mass is 338 g/mol. The molecule has 0 atom stereocenters. The zero-order valence-corrected chi connectivity index (χ0v) is 13.3. The van der Waals surface area contributed by atoms with Gasteiger partial charge in [-0.2, -0.15) is 0 Å². The Labute approximate surface area is 125 Å². The molecule has 0 amide bonds. The third-order valence-electron chi connectivity index (χ3n) is 2.59. The van der Waals surface area contributed by atoms with Crippen molar-refractivity contribution in [2.45, 2.75) is 20.3 Å². The lowest BCUT2D eigenvalue weighted by Gasteiger charge is -2.06. The SMILES string of the molecule is CCCOc1cccc(C(=O)c2sc(C)cc2Br)c1. The van der Waals surface area contributed by atoms with Gasteiger partial charge in [-0.3, -0.25) is 4.79 Å². The second kappa shape index (κ2) is 6.35. The number of thiophene rings is 1. The topological polar surface area (TPSA) is 26.3 Å². The van der Waals surface area contributed by atoms with Crippen LogP contribution in [0.25, 0.3) is 0 Å². The number of benzene rings is 1. The van der Waals surface area contributed by atoms with Crippen LogP contribution in [-0.2, 0) is 0 Å². The van der Waals surface area contributed by atoms with Crippen LogP contribution in [0.15, 0.2) is 34.8 Å². The van der Waals surface area contributed by atoms with Crippen LogP contribution in [-0.4, -0.2) is 12.4 Å². The van der Waals surface area contributed by atoms with E-state index in [4.69, 9.17) is 4.74 Å². The average molecular weight is 339 g/mol. The summed E-state index contributed by atoms with van der Waals surface area (Å²) < 4.78 is 6.42. The first-order chi connectivity index (χ1) is 9.11. The number of halogens is 1. The molecule has 4 heteroatoms. The molecule has 1 aromatic heterocycles. The molecule has 0 radical (unpaired) electrons. The van der Waals surface area contributed by atoms with Crippen LogP contribution in [0, 0.1) is 6.92 Å². The third kappa shape index (κ3) is 3.45. The fourth-order valence-corrected chi connectivity index (χ4v) is 3.50. The highest BCUT2D eigenvalue weighted by Gasteiger charge is 2.16. The predicted molar refractivity (Wildman–Crippen MR) is 82.4 cm³/mol. The van der Waals surface area contributed by atoms with Crippen molar-refractivity contribution in [2.24, 2.45) is 0 Å². The van der Waals surface area contributed by atoms with Gasteiger partial charge < -0.3 is 4.74 Å². The number of aryl methyl sites for hydroxylation is 1. The normalized spacial score (nSPS) is 10.5. The second-order valence-corrected chi connectivity index (χ2v) is 6.35. The first-order valence-corrected chi connectivity index (χ1v) is 7.76. The molecule has 2 aromatic rings. The molecule has 0 spiro atoms. The van der Waals surface area contributed by atoms with E-state index in [1.165, 1.54) is 11.3 Å². The summed E-state index contributed by atoms with van der Waals surface area (Å²) in [4.78, 5) is 14.3. The van der Waals surface area contributed by atoms with Crippen LogP contribution < -0.4 is 4.74 Å². The van der Waals surface area contributed by atoms with Gasteiger partial charge in [0.05, 0.1) is 11.5 Å². The molecular weight excluding hydrogens is 324 g/mol. The Kier molecular flexibility index (Phi) is 4.77. The van der Waals surface area contributed by atoms with E-state index < -0.39 is 0 Å². The Morgan fingerprint density at radius 3 is 2.79 bits per heavy atom. The zero-order valence-electron chi connectivity index (χ0n) is 10.9. The van der Waals surface area contributed by atoms with Crippen LogP contribution in [0.1, 0.15) is 33.5 Å². The van der Waals surface area contributed by atoms with Crippen molar-refractivity contribution in [3.8, 4) is 5.75 Å². The van der Waals surface area contributed by atoms with Gasteiger partial charge in [0.2, 0.25) is 5.78 Å². The number of hydrogen-bond donors (Lipinski definition) is 0. The van der Waals surface area contributed by atoms with E-state index in [2.05, 4.69) is 22.9 Å². The average Bonchev–Trinajstić information content (AvgIpc) is 2.75. The molecule has 0 aliphatic rings. The van der Waals surface area contributed by atoms with Gasteiger partial charge in [0, 0.05) is 14.9 Å². The van der Waals surface area contributed by atoms with Gasteiger partial charge in [0.25, 0.3) is 0 Å². The summed E-state index contributed by atoms with van der Waals surface area (Å²) >= 11 is 4.94. The smallest absolute Gasteiger partial charge is 0.204 e. The molecule has 100 valence electrons. The van der Waals surface area contributed by atoms with E-state index in [0.717, 1.165) is 26.4 Å². The minimum atomic E-state index is 0.0342. The number of hydrogen-bond acceptors (Lipinski definition) is 3. The van der Waals surface area contributed by atoms with Gasteiger partial charge in [0.1, 0.15) is 5.75 Å². The summed E-state index contributed by atoms with van der Waals surface area (Å²) in [6, 6.07) is 9.32. The van der Waals surface area contributed by atoms with Crippen LogP contribution in [0.2, 0.25) is 0 Å². The van der Waals surface area contributed by atoms with Gasteiger partial charge in [-0.15, -0.1) is 11.3 Å². The number of ether oxygens (including phenoxy) is 1. The second-order valence-electron chi connectivity index (χ2n) is 4.24. The van der Waals surface area contributed by atoms with E-state index >= 15 is 0 Å². The Bertz CT molecular complexity index is 590. The van der Waals surface area contributed by atoms with Crippen molar-refractivity contribution in [1.29, 1.82) is 0 Å². The Hall–Kier alpha value is -1.13. The Morgan fingerprint density at radius 1 is 1.37 bits per heavy atom. The first kappa shape index (κ1) is 14.3. The van der Waals surface area contributed by atoms with Gasteiger partial charge in [-0.1, -0.05) is 19.1 Å². The van der Waals surface area contributed by atoms with Crippen molar-refractivity contribution < 1.29 is 9.53 Å². The summed E-state index contributed by atoms with van der Waals surface area (Å²) in [6.45, 7) is 4.72. The summed E-state index contributed by atoms with van der Waals surface area (Å²) in [6.07, 6.45) is 0.952. The highest BCUT2D eigenvalue weighted by molar-refractivity contribution is 9.10. The molecule has 0 unspecified atom stereocenters. The lowest BCUT2D eigenvalue weighted by atomic mass is 10.1. The lowest BCUT2D eigenvalue weighted by Crippen LogP contribution is -2.01. The summed E-state index contributed by atoms with van der Waals surface area (Å²) in [7, 11) is 0. The quantitative estimate of drug-likeness (QED) is 0.729. The van der Waals surface area contributed by atoms with Crippen molar-refractivity contribution in [2.75, 3.05) is 6.61 Å². The van der Waals surface area contributed by atoms with E-state index in [-0.39, 0.29) is 5.78 Å². The van der Waals surface area contributed by atoms with Crippen molar-refractivity contribution >= 4 is 33.0 Å². The van der Waals surface area contributed by atoms with E-state index in [1.807, 2.05) is 31.2 Å². The molecule has 0 bridgehead atoms. The molecule has 0 saturated heterocycles. The fraction of sp³-hybridized carbons (Fsp3) is 0.267. The van der Waals surface area contributed by atoms with E-state index in [9.17, 15) is 4.79 Å². The third-order valence-corrected chi connectivity index (χ3v) is 4.52. The van der Waals surface area contributed by atoms with Crippen molar-refractivity contribution in [3.05, 3.63) is 50.1 Å². The number of carbonyl (C=O) groups is 1. The molecule has 0 N–H and O–H groups in total. The summed E-state index contributed by atoms with van der Waals surface area (Å²) in [5, 5.41) is 0. The number of carbonyl (C=O) groups excluding carboxylic acids is 1. The molecule has 0 aliphatic heterocycles. The van der Waals surface area contributed by atoms with Crippen molar-refractivity contribution in [1.82, 2.24) is 0 Å². The molecule has 0 aliphatic carbocycles. The Balaban J connectivity index is 2.26. The Morgan fingerprint density at radius 2 is 2.16 bits per heavy atom. The minimum Gasteiger partial charge on any atom is -0.494 e. The van der Waals surface area contributed by atoms with Gasteiger partial charge in [-0.25, -0.2) is 0 Å². The molecule has 1 aromatic carbocycles. The highest BCUT2D eigenvalue weighted by atomic mass is 79.9. The molecule has 1 heterocycles. The van der Waals surface area contributed by atoms with Gasteiger partial charge >= 0.3 is 0 Å². The minimum absolute atomic E-state index is 0.0342. The van der Waals surface area contributed by atoms with Gasteiger partial charge in [0.15, 0.2) is 0 Å². The fourth-order valence-electron chi connectivity index (χ4n) is 1.72. The van der Waals surface area contributed by atoms with Crippen LogP contribution >= 0.6 is 27.3 Å². The largest absolute Gasteiger partial charge is 0.494 e. The predicted octanol–water partition coefficient (Wildman–Crippen LogP) is 4.84. The lowest BCUT2D eigenvalue weighted by molar-refractivity contribution is 0.104. The van der Waals surface area contributed by atoms with E-state index in [0.29, 0.717) is 12.2 Å². The molecule has 2 nitrogen and oxygen atoms in total. The molecule has 0 saturated carbocycles. The highest BCUT2D eigenvalue weighted by Crippen LogP contribution is 2.29. The van der Waals surface area contributed by atoms with Crippen LogP contribution in [0.5, 0.6) is 5.75 Å². The molecule has 2 rings (SSSR count). The zero-order chi connectivity index (χ0) is 13.8. The standard InChI is InChI=1S/C15H15BrO2S/c1-3-7-18-12-6-4-5-11(9-12)14(17)15-13(16)8-10(2)19-15/h4-6,8-9H,3,7H2,1-2H3. The van der Waals surface area contributed by atoms with Crippen molar-refractivity contribution in [3.63, 3.8) is 0 Å². The van der Waals surface area contributed by atoms with Crippen LogP contribution in [0.3, 0.4) is 0 Å². The number of ketones is 1. The molecule has 19 heavy (non-hydrogen) atoms. The summed E-state index contributed by atoms with van der Waals surface area (Å²) in [5.74, 6) is 0.782. The first-order valence-electron chi connectivity index (χ1n) is 6.15. The van der Waals surface area contributed by atoms with E-state index in [1.54, 1.807) is 6.07 Å². The number of rotatable bonds is 5. The molecule has 0 fully saturated rings. The van der Waals surface area contributed by atoms with Crippen LogP contribution in [0.4, 0.5) is 0 Å². The van der Waals surface area contributed by atoms with Gasteiger partial charge in [-0.05, 0) is 47.5 Å². The summed E-state index contributed by atoms with van der Waals surface area (Å²) in [5.41, 5.74) is 0.663. The maximum absolute atomic E-state index is 12.4. The molecular formula is C15H15BrO2S.